The SMILES string of the molecule is CC.CCCC1OC(=O)NC1C. The maximum absolute atomic E-state index is 10.6. The van der Waals surface area contributed by atoms with Crippen LogP contribution in [0.2, 0.25) is 0 Å². The zero-order chi connectivity index (χ0) is 9.56. The number of cyclic esters (lactones) is 1. The largest absolute Gasteiger partial charge is 0.444 e. The van der Waals surface area contributed by atoms with E-state index in [4.69, 9.17) is 4.74 Å². The molecule has 0 aromatic carbocycles. The van der Waals surface area contributed by atoms with Crippen molar-refractivity contribution in [3.05, 3.63) is 0 Å². The molecule has 2 unspecified atom stereocenters. The molecule has 1 aliphatic rings. The molecule has 1 fully saturated rings. The molecule has 1 rings (SSSR count). The predicted octanol–water partition coefficient (Wildman–Crippen LogP) is 2.31. The Hall–Kier alpha value is -0.730. The maximum atomic E-state index is 10.6. The van der Waals surface area contributed by atoms with Crippen LogP contribution in [-0.4, -0.2) is 18.2 Å². The normalized spacial score (nSPS) is 26.8. The van der Waals surface area contributed by atoms with Crippen LogP contribution in [-0.2, 0) is 4.74 Å². The molecule has 0 aliphatic carbocycles. The number of ether oxygens (including phenoxy) is 1. The number of amides is 1. The van der Waals surface area contributed by atoms with Gasteiger partial charge in [0, 0.05) is 0 Å². The fourth-order valence-corrected chi connectivity index (χ4v) is 1.15. The molecule has 12 heavy (non-hydrogen) atoms. The van der Waals surface area contributed by atoms with Gasteiger partial charge in [0.1, 0.15) is 6.10 Å². The summed E-state index contributed by atoms with van der Waals surface area (Å²) in [6.07, 6.45) is 1.84. The standard InChI is InChI=1S/C7H13NO2.C2H6/c1-3-4-6-5(2)8-7(9)10-6;1-2/h5-6H,3-4H2,1-2H3,(H,8,9);1-2H3. The van der Waals surface area contributed by atoms with E-state index in [1.165, 1.54) is 0 Å². The van der Waals surface area contributed by atoms with Crippen LogP contribution in [0.3, 0.4) is 0 Å². The molecule has 1 saturated heterocycles. The summed E-state index contributed by atoms with van der Waals surface area (Å²) in [7, 11) is 0. The van der Waals surface area contributed by atoms with Crippen molar-refractivity contribution in [2.75, 3.05) is 0 Å². The highest BCUT2D eigenvalue weighted by atomic mass is 16.6. The lowest BCUT2D eigenvalue weighted by molar-refractivity contribution is 0.127. The van der Waals surface area contributed by atoms with Gasteiger partial charge in [-0.3, -0.25) is 0 Å². The van der Waals surface area contributed by atoms with Crippen LogP contribution in [0.4, 0.5) is 4.79 Å². The van der Waals surface area contributed by atoms with Crippen LogP contribution < -0.4 is 5.32 Å². The molecule has 1 amide bonds. The fourth-order valence-electron chi connectivity index (χ4n) is 1.15. The summed E-state index contributed by atoms with van der Waals surface area (Å²) in [6.45, 7) is 8.05. The summed E-state index contributed by atoms with van der Waals surface area (Å²) in [5, 5.41) is 2.69. The Labute approximate surface area is 74.5 Å². The third-order valence-electron chi connectivity index (χ3n) is 1.73. The van der Waals surface area contributed by atoms with Crippen molar-refractivity contribution in [2.24, 2.45) is 0 Å². The molecular weight excluding hydrogens is 154 g/mol. The van der Waals surface area contributed by atoms with Gasteiger partial charge in [-0.15, -0.1) is 0 Å². The quantitative estimate of drug-likeness (QED) is 0.696. The van der Waals surface area contributed by atoms with Gasteiger partial charge in [-0.05, 0) is 13.3 Å². The minimum atomic E-state index is -0.272. The minimum Gasteiger partial charge on any atom is -0.444 e. The first-order chi connectivity index (χ1) is 5.74. The number of rotatable bonds is 2. The molecule has 0 bridgehead atoms. The number of carbonyl (C=O) groups is 1. The summed E-state index contributed by atoms with van der Waals surface area (Å²) in [6, 6.07) is 0.187. The van der Waals surface area contributed by atoms with Gasteiger partial charge < -0.3 is 10.1 Å². The minimum absolute atomic E-state index is 0.0949. The molecule has 0 spiro atoms. The summed E-state index contributed by atoms with van der Waals surface area (Å²) in [5.74, 6) is 0. The molecule has 0 aromatic rings. The van der Waals surface area contributed by atoms with Crippen LogP contribution in [0.5, 0.6) is 0 Å². The van der Waals surface area contributed by atoms with Crippen molar-refractivity contribution >= 4 is 6.09 Å². The van der Waals surface area contributed by atoms with Crippen molar-refractivity contribution in [1.82, 2.24) is 5.32 Å². The maximum Gasteiger partial charge on any atom is 0.407 e. The van der Waals surface area contributed by atoms with Crippen LogP contribution >= 0.6 is 0 Å². The molecule has 0 aromatic heterocycles. The second-order valence-corrected chi connectivity index (χ2v) is 2.67. The molecule has 3 nitrogen and oxygen atoms in total. The van der Waals surface area contributed by atoms with Crippen molar-refractivity contribution in [1.29, 1.82) is 0 Å². The summed E-state index contributed by atoms with van der Waals surface area (Å²) < 4.78 is 4.96. The lowest BCUT2D eigenvalue weighted by Gasteiger charge is -2.09. The second-order valence-electron chi connectivity index (χ2n) is 2.67. The van der Waals surface area contributed by atoms with Crippen LogP contribution in [0.25, 0.3) is 0 Å². The first kappa shape index (κ1) is 11.3. The third kappa shape index (κ3) is 3.11. The summed E-state index contributed by atoms with van der Waals surface area (Å²) >= 11 is 0. The third-order valence-corrected chi connectivity index (χ3v) is 1.73. The van der Waals surface area contributed by atoms with Crippen molar-refractivity contribution < 1.29 is 9.53 Å². The highest BCUT2D eigenvalue weighted by Crippen LogP contribution is 2.12. The number of carbonyl (C=O) groups excluding carboxylic acids is 1. The van der Waals surface area contributed by atoms with Crippen molar-refractivity contribution in [3.63, 3.8) is 0 Å². The molecule has 3 heteroatoms. The molecule has 2 atom stereocenters. The van der Waals surface area contributed by atoms with E-state index in [0.717, 1.165) is 12.8 Å². The van der Waals surface area contributed by atoms with Gasteiger partial charge in [0.15, 0.2) is 0 Å². The smallest absolute Gasteiger partial charge is 0.407 e. The van der Waals surface area contributed by atoms with E-state index in [2.05, 4.69) is 12.2 Å². The van der Waals surface area contributed by atoms with Crippen molar-refractivity contribution in [3.8, 4) is 0 Å². The molecule has 1 aliphatic heterocycles. The predicted molar refractivity (Wildman–Crippen MR) is 49.1 cm³/mol. The lowest BCUT2D eigenvalue weighted by atomic mass is 10.1. The molecule has 0 radical (unpaired) electrons. The van der Waals surface area contributed by atoms with Gasteiger partial charge in [-0.25, -0.2) is 4.79 Å². The van der Waals surface area contributed by atoms with Gasteiger partial charge >= 0.3 is 6.09 Å². The Bertz CT molecular complexity index is 136. The lowest BCUT2D eigenvalue weighted by Crippen LogP contribution is -2.27. The molecule has 1 heterocycles. The summed E-state index contributed by atoms with van der Waals surface area (Å²) in [5.41, 5.74) is 0. The Morgan fingerprint density at radius 3 is 2.42 bits per heavy atom. The van der Waals surface area contributed by atoms with E-state index >= 15 is 0 Å². The van der Waals surface area contributed by atoms with Crippen LogP contribution in [0, 0.1) is 0 Å². The average molecular weight is 173 g/mol. The van der Waals surface area contributed by atoms with Gasteiger partial charge in [0.2, 0.25) is 0 Å². The van der Waals surface area contributed by atoms with E-state index in [9.17, 15) is 4.79 Å². The van der Waals surface area contributed by atoms with Gasteiger partial charge in [-0.1, -0.05) is 27.2 Å². The van der Waals surface area contributed by atoms with Gasteiger partial charge in [0.25, 0.3) is 0 Å². The summed E-state index contributed by atoms with van der Waals surface area (Å²) in [4.78, 5) is 10.6. The van der Waals surface area contributed by atoms with E-state index in [-0.39, 0.29) is 18.2 Å². The second kappa shape index (κ2) is 5.86. The molecule has 72 valence electrons. The topological polar surface area (TPSA) is 38.3 Å². The molecular formula is C9H19NO2. The van der Waals surface area contributed by atoms with E-state index in [1.807, 2.05) is 20.8 Å². The molecule has 0 saturated carbocycles. The highest BCUT2D eigenvalue weighted by molar-refractivity contribution is 5.70. The number of hydrogen-bond donors (Lipinski definition) is 1. The highest BCUT2D eigenvalue weighted by Gasteiger charge is 2.28. The van der Waals surface area contributed by atoms with E-state index < -0.39 is 0 Å². The van der Waals surface area contributed by atoms with Gasteiger partial charge in [0.05, 0.1) is 6.04 Å². The number of nitrogens with one attached hydrogen (secondary N) is 1. The van der Waals surface area contributed by atoms with Crippen LogP contribution in [0.1, 0.15) is 40.5 Å². The van der Waals surface area contributed by atoms with E-state index in [0.29, 0.717) is 0 Å². The first-order valence-corrected chi connectivity index (χ1v) is 4.71. The van der Waals surface area contributed by atoms with Crippen molar-refractivity contribution in [2.45, 2.75) is 52.7 Å². The fraction of sp³-hybridized carbons (Fsp3) is 0.889. The zero-order valence-corrected chi connectivity index (χ0v) is 8.39. The number of alkyl carbamates (subject to hydrolysis) is 1. The number of hydrogen-bond acceptors (Lipinski definition) is 2. The molecule has 1 N–H and O–H groups in total. The Kier molecular flexibility index (Phi) is 5.51. The monoisotopic (exact) mass is 173 g/mol. The Morgan fingerprint density at radius 2 is 2.08 bits per heavy atom. The van der Waals surface area contributed by atoms with E-state index in [1.54, 1.807) is 0 Å². The Balaban J connectivity index is 0.000000561. The Morgan fingerprint density at radius 1 is 1.50 bits per heavy atom. The van der Waals surface area contributed by atoms with Crippen LogP contribution in [0.15, 0.2) is 0 Å². The average Bonchev–Trinajstić information content (AvgIpc) is 2.35. The zero-order valence-electron chi connectivity index (χ0n) is 8.39. The van der Waals surface area contributed by atoms with Gasteiger partial charge in [-0.2, -0.15) is 0 Å². The first-order valence-electron chi connectivity index (χ1n) is 4.71.